The molecule has 3 N–H and O–H groups in total. The minimum absolute atomic E-state index is 0. The summed E-state index contributed by atoms with van der Waals surface area (Å²) in [6.45, 7) is 0. The number of hydrogen-bond acceptors (Lipinski definition) is 6. The van der Waals surface area contributed by atoms with E-state index >= 15 is 0 Å². The Balaban J connectivity index is 0.00000272. The molecule has 2 heterocycles. The fourth-order valence-corrected chi connectivity index (χ4v) is 3.63. The van der Waals surface area contributed by atoms with Crippen LogP contribution >= 0.6 is 0 Å². The summed E-state index contributed by atoms with van der Waals surface area (Å²) in [6, 6.07) is 4.82. The van der Waals surface area contributed by atoms with E-state index in [0.717, 1.165) is 25.0 Å². The van der Waals surface area contributed by atoms with Crippen LogP contribution in [-0.2, 0) is 11.2 Å². The third-order valence-corrected chi connectivity index (χ3v) is 5.19. The van der Waals surface area contributed by atoms with Crippen LogP contribution in [-0.4, -0.2) is 44.4 Å². The number of carbonyl (C=O) groups excluding carboxylic acids is 2. The van der Waals surface area contributed by atoms with Gasteiger partial charge in [0.05, 0.1) is 31.0 Å². The van der Waals surface area contributed by atoms with Crippen LogP contribution in [0.25, 0.3) is 5.69 Å². The summed E-state index contributed by atoms with van der Waals surface area (Å²) in [5, 5.41) is 24.2. The smallest absolute Gasteiger partial charge is 0.230 e. The third kappa shape index (κ3) is 5.28. The number of benzene rings is 1. The quantitative estimate of drug-likeness (QED) is 0.227. The fraction of sp³-hybridized carbons (Fsp3) is 0.286. The zero-order valence-electron chi connectivity index (χ0n) is 16.8. The van der Waals surface area contributed by atoms with E-state index in [-0.39, 0.29) is 61.4 Å². The molecule has 167 valence electrons. The van der Waals surface area contributed by atoms with Gasteiger partial charge in [0.15, 0.2) is 12.1 Å². The number of amides is 1. The number of aldehydes is 1. The van der Waals surface area contributed by atoms with Gasteiger partial charge in [0.2, 0.25) is 5.91 Å². The number of methoxy groups -OCH3 is 1. The number of phenolic OH excluding ortho intramolecular Hbond substituents is 1. The number of phenols is 1. The van der Waals surface area contributed by atoms with E-state index < -0.39 is 0 Å². The number of rotatable bonds is 7. The molecule has 0 bridgehead atoms. The van der Waals surface area contributed by atoms with Crippen LogP contribution in [0, 0.1) is 44.2 Å². The first-order chi connectivity index (χ1) is 14.6. The number of ether oxygens (including phenoxy) is 1. The zero-order chi connectivity index (χ0) is 21.1. The summed E-state index contributed by atoms with van der Waals surface area (Å²) in [5.41, 5.74) is 2.13. The van der Waals surface area contributed by atoms with Crippen molar-refractivity contribution in [2.24, 2.45) is 0 Å². The maximum absolute atomic E-state index is 12.4. The predicted molar refractivity (Wildman–Crippen MR) is 109 cm³/mol. The molecule has 0 aliphatic heterocycles. The summed E-state index contributed by atoms with van der Waals surface area (Å²) < 4.78 is 6.57. The van der Waals surface area contributed by atoms with Crippen LogP contribution < -0.4 is 10.1 Å². The SMILES string of the molecule is COc1cc(O)c(C=O)c(-n2cc(CC(=O)Nc3cc(C4C[CH-]CC4)[nH]n3)cn2)c1.[Ho]. The second-order valence-electron chi connectivity index (χ2n) is 7.22. The Morgan fingerprint density at radius 1 is 1.45 bits per heavy atom. The van der Waals surface area contributed by atoms with Crippen LogP contribution in [0.2, 0.25) is 0 Å². The molecule has 1 unspecified atom stereocenters. The van der Waals surface area contributed by atoms with Crippen molar-refractivity contribution in [3.63, 3.8) is 0 Å². The fourth-order valence-electron chi connectivity index (χ4n) is 3.63. The molecule has 9 nitrogen and oxygen atoms in total. The van der Waals surface area contributed by atoms with Crippen molar-refractivity contribution in [2.75, 3.05) is 12.4 Å². The van der Waals surface area contributed by atoms with Crippen LogP contribution in [0.1, 0.15) is 46.8 Å². The van der Waals surface area contributed by atoms with E-state index in [4.69, 9.17) is 4.74 Å². The van der Waals surface area contributed by atoms with E-state index in [1.165, 1.54) is 24.1 Å². The zero-order valence-corrected chi connectivity index (χ0v) is 18.7. The molecule has 0 spiro atoms. The van der Waals surface area contributed by atoms with Crippen molar-refractivity contribution in [2.45, 2.75) is 31.6 Å². The van der Waals surface area contributed by atoms with Crippen molar-refractivity contribution in [1.82, 2.24) is 20.0 Å². The van der Waals surface area contributed by atoms with Gasteiger partial charge >= 0.3 is 0 Å². The number of aromatic nitrogens is 4. The van der Waals surface area contributed by atoms with Gasteiger partial charge in [-0.25, -0.2) is 4.68 Å². The third-order valence-electron chi connectivity index (χ3n) is 5.19. The van der Waals surface area contributed by atoms with Gasteiger partial charge in [0.1, 0.15) is 11.5 Å². The van der Waals surface area contributed by atoms with Gasteiger partial charge in [-0.05, 0) is 11.5 Å². The van der Waals surface area contributed by atoms with E-state index in [9.17, 15) is 14.7 Å². The Hall–Kier alpha value is -2.36. The van der Waals surface area contributed by atoms with Crippen LogP contribution in [0.4, 0.5) is 5.82 Å². The molecule has 0 saturated heterocycles. The van der Waals surface area contributed by atoms with Gasteiger partial charge < -0.3 is 21.6 Å². The summed E-state index contributed by atoms with van der Waals surface area (Å²) in [4.78, 5) is 23.8. The van der Waals surface area contributed by atoms with Crippen molar-refractivity contribution in [1.29, 1.82) is 0 Å². The van der Waals surface area contributed by atoms with Crippen LogP contribution in [0.5, 0.6) is 11.5 Å². The molecule has 10 heteroatoms. The number of nitrogens with zero attached hydrogens (tertiary/aromatic N) is 3. The number of hydrogen-bond donors (Lipinski definition) is 3. The van der Waals surface area contributed by atoms with Gasteiger partial charge in [-0.1, -0.05) is 6.42 Å². The van der Waals surface area contributed by atoms with Crippen molar-refractivity contribution in [3.05, 3.63) is 53.8 Å². The molecule has 31 heavy (non-hydrogen) atoms. The first kappa shape index (κ1) is 23.3. The first-order valence-corrected chi connectivity index (χ1v) is 9.64. The Labute approximate surface area is 209 Å². The summed E-state index contributed by atoms with van der Waals surface area (Å²) >= 11 is 0. The minimum atomic E-state index is -0.227. The van der Waals surface area contributed by atoms with Gasteiger partial charge in [0.25, 0.3) is 0 Å². The van der Waals surface area contributed by atoms with Crippen molar-refractivity contribution >= 4 is 18.0 Å². The summed E-state index contributed by atoms with van der Waals surface area (Å²) in [7, 11) is 1.46. The maximum Gasteiger partial charge on any atom is 0.230 e. The molecule has 1 aliphatic carbocycles. The Kier molecular flexibility index (Phi) is 7.74. The van der Waals surface area contributed by atoms with E-state index in [1.807, 2.05) is 6.07 Å². The molecule has 2 aromatic heterocycles. The molecule has 1 fully saturated rings. The molecule has 3 aromatic rings. The molecule has 4 rings (SSSR count). The second-order valence-corrected chi connectivity index (χ2v) is 7.22. The average Bonchev–Trinajstić information content (AvgIpc) is 3.49. The number of nitrogens with one attached hydrogen (secondary N) is 2. The molecule has 1 aromatic carbocycles. The first-order valence-electron chi connectivity index (χ1n) is 9.64. The normalized spacial score (nSPS) is 15.3. The molecule has 1 saturated carbocycles. The number of H-pyrrole nitrogens is 1. The number of anilines is 1. The maximum atomic E-state index is 12.4. The Bertz CT molecular complexity index is 1070. The van der Waals surface area contributed by atoms with Crippen molar-refractivity contribution in [3.8, 4) is 17.2 Å². The van der Waals surface area contributed by atoms with E-state index in [0.29, 0.717) is 35.0 Å². The van der Waals surface area contributed by atoms with E-state index in [1.54, 1.807) is 12.3 Å². The summed E-state index contributed by atoms with van der Waals surface area (Å²) in [6.07, 6.45) is 9.29. The second kappa shape index (κ2) is 10.3. The monoisotopic (exact) mass is 573 g/mol. The molecule has 1 amide bonds. The largest absolute Gasteiger partial charge is 0.507 e. The van der Waals surface area contributed by atoms with Crippen LogP contribution in [0.15, 0.2) is 30.6 Å². The van der Waals surface area contributed by atoms with Gasteiger partial charge in [-0.3, -0.25) is 14.7 Å². The average molecular weight is 573 g/mol. The van der Waals surface area contributed by atoms with Crippen LogP contribution in [0.3, 0.4) is 0 Å². The molecule has 1 aliphatic rings. The Morgan fingerprint density at radius 2 is 2.29 bits per heavy atom. The summed E-state index contributed by atoms with van der Waals surface area (Å²) in [5.74, 6) is 0.887. The van der Waals surface area contributed by atoms with E-state index in [2.05, 4.69) is 27.0 Å². The van der Waals surface area contributed by atoms with Gasteiger partial charge in [0, 0.05) is 67.8 Å². The molecular formula is C21H22HoN5O4-. The number of carbonyl (C=O) groups is 2. The van der Waals surface area contributed by atoms with Gasteiger partial charge in [-0.15, -0.1) is 0 Å². The topological polar surface area (TPSA) is 122 Å². The minimum Gasteiger partial charge on any atom is -0.507 e. The number of aromatic hydroxyl groups is 1. The predicted octanol–water partition coefficient (Wildman–Crippen LogP) is 2.78. The number of aromatic amines is 1. The van der Waals surface area contributed by atoms with Gasteiger partial charge in [-0.2, -0.15) is 23.0 Å². The molecule has 1 atom stereocenters. The van der Waals surface area contributed by atoms with Crippen molar-refractivity contribution < 1.29 is 57.2 Å². The Morgan fingerprint density at radius 3 is 3.00 bits per heavy atom. The molecule has 1 radical (unpaired) electrons. The standard InChI is InChI=1S/C21H22N5O4.Ho/c1-30-15-7-18(16(12-27)19(28)8-15)26-11-13(10-22-26)6-21(29)23-20-9-17(24-25-20)14-4-2-3-5-14;/h2,7-12,14,28H,3-6H2,1H3,(H2,23,24,25,29);/q-1;. The molecular weight excluding hydrogens is 551 g/mol.